The maximum Gasteiger partial charge on any atom is 0.248 e. The van der Waals surface area contributed by atoms with Crippen LogP contribution in [0.1, 0.15) is 13.8 Å². The molecule has 0 spiro atoms. The number of hydrogen-bond acceptors (Lipinski definition) is 4. The van der Waals surface area contributed by atoms with Gasteiger partial charge in [-0.25, -0.2) is 0 Å². The third kappa shape index (κ3) is 7.30. The van der Waals surface area contributed by atoms with Crippen molar-refractivity contribution in [2.24, 2.45) is 5.73 Å². The zero-order valence-electron chi connectivity index (χ0n) is 9.70. The molecule has 0 saturated heterocycles. The second-order valence-corrected chi connectivity index (χ2v) is 3.01. The number of nitrogens with two attached hydrogens (primary N) is 1. The largest absolute Gasteiger partial charge is 0.380 e. The van der Waals surface area contributed by atoms with E-state index in [9.17, 15) is 4.79 Å². The molecule has 1 amide bonds. The average molecular weight is 218 g/mol. The van der Waals surface area contributed by atoms with Crippen molar-refractivity contribution in [3.8, 4) is 0 Å². The molecule has 0 aliphatic rings. The molecule has 0 atom stereocenters. The van der Waals surface area contributed by atoms with Crippen molar-refractivity contribution in [2.45, 2.75) is 13.8 Å². The highest BCUT2D eigenvalue weighted by Crippen LogP contribution is 1.91. The van der Waals surface area contributed by atoms with E-state index >= 15 is 0 Å². The minimum absolute atomic E-state index is 0.00865. The molecule has 0 aliphatic heterocycles. The van der Waals surface area contributed by atoms with Gasteiger partial charge in [0.05, 0.1) is 13.2 Å². The molecule has 0 aromatic heterocycles. The molecule has 0 bridgehead atoms. The monoisotopic (exact) mass is 218 g/mol. The van der Waals surface area contributed by atoms with E-state index in [0.717, 1.165) is 0 Å². The molecule has 0 fully saturated rings. The Balaban J connectivity index is 3.67. The number of amides is 1. The van der Waals surface area contributed by atoms with Crippen LogP contribution in [0.4, 0.5) is 0 Å². The summed E-state index contributed by atoms with van der Waals surface area (Å²) >= 11 is 0. The van der Waals surface area contributed by atoms with Crippen LogP contribution in [0.25, 0.3) is 0 Å². The Bertz CT molecular complexity index is 165. The average Bonchev–Trinajstić information content (AvgIpc) is 2.24. The van der Waals surface area contributed by atoms with Gasteiger partial charge in [-0.15, -0.1) is 0 Å². The normalized spacial score (nSPS) is 10.3. The van der Waals surface area contributed by atoms with Crippen LogP contribution in [-0.2, 0) is 14.3 Å². The third-order valence-corrected chi connectivity index (χ3v) is 1.93. The van der Waals surface area contributed by atoms with Gasteiger partial charge in [0, 0.05) is 26.2 Å². The van der Waals surface area contributed by atoms with E-state index in [1.807, 2.05) is 13.8 Å². The van der Waals surface area contributed by atoms with Gasteiger partial charge in [0.25, 0.3) is 0 Å². The van der Waals surface area contributed by atoms with Crippen molar-refractivity contribution in [2.75, 3.05) is 46.1 Å². The molecule has 5 nitrogen and oxygen atoms in total. The van der Waals surface area contributed by atoms with Gasteiger partial charge in [0.2, 0.25) is 5.91 Å². The molecular formula is C10H22N2O3. The Hall–Kier alpha value is -0.650. The summed E-state index contributed by atoms with van der Waals surface area (Å²) in [5.41, 5.74) is 5.25. The van der Waals surface area contributed by atoms with Crippen molar-refractivity contribution in [1.29, 1.82) is 0 Å². The summed E-state index contributed by atoms with van der Waals surface area (Å²) < 4.78 is 10.3. The van der Waals surface area contributed by atoms with Crippen molar-refractivity contribution < 1.29 is 14.3 Å². The first-order valence-corrected chi connectivity index (χ1v) is 5.39. The first kappa shape index (κ1) is 14.3. The Morgan fingerprint density at radius 2 is 2.00 bits per heavy atom. The summed E-state index contributed by atoms with van der Waals surface area (Å²) in [7, 11) is 0. The predicted octanol–water partition coefficient (Wildman–Crippen LogP) is -0.153. The second-order valence-electron chi connectivity index (χ2n) is 3.01. The second kappa shape index (κ2) is 9.89. The molecule has 0 radical (unpaired) electrons. The molecule has 0 heterocycles. The van der Waals surface area contributed by atoms with Gasteiger partial charge in [-0.05, 0) is 13.8 Å². The maximum atomic E-state index is 11.5. The smallest absolute Gasteiger partial charge is 0.248 e. The van der Waals surface area contributed by atoms with Crippen LogP contribution in [0.3, 0.4) is 0 Å². The Morgan fingerprint density at radius 3 is 2.53 bits per heavy atom. The number of nitrogens with zero attached hydrogens (tertiary/aromatic N) is 1. The highest BCUT2D eigenvalue weighted by Gasteiger charge is 2.10. The summed E-state index contributed by atoms with van der Waals surface area (Å²) in [5.74, 6) is -0.00865. The standard InChI is InChI=1S/C10H22N2O3/c1-3-12(6-8-14-4-2)10(13)9-15-7-5-11/h3-9,11H2,1-2H3. The fourth-order valence-electron chi connectivity index (χ4n) is 1.11. The van der Waals surface area contributed by atoms with Gasteiger partial charge in [-0.1, -0.05) is 0 Å². The van der Waals surface area contributed by atoms with Crippen LogP contribution in [0.2, 0.25) is 0 Å². The molecule has 90 valence electrons. The summed E-state index contributed by atoms with van der Waals surface area (Å²) in [6.45, 7) is 7.40. The number of hydrogen-bond donors (Lipinski definition) is 1. The van der Waals surface area contributed by atoms with Gasteiger partial charge < -0.3 is 20.1 Å². The van der Waals surface area contributed by atoms with Crippen molar-refractivity contribution in [3.63, 3.8) is 0 Å². The van der Waals surface area contributed by atoms with Crippen LogP contribution in [0, 0.1) is 0 Å². The van der Waals surface area contributed by atoms with Gasteiger partial charge in [0.1, 0.15) is 6.61 Å². The minimum Gasteiger partial charge on any atom is -0.380 e. The van der Waals surface area contributed by atoms with Crippen molar-refractivity contribution in [3.05, 3.63) is 0 Å². The molecule has 0 aromatic carbocycles. The Kier molecular flexibility index (Phi) is 9.46. The lowest BCUT2D eigenvalue weighted by Gasteiger charge is -2.20. The van der Waals surface area contributed by atoms with E-state index in [4.69, 9.17) is 15.2 Å². The molecule has 0 aliphatic carbocycles. The van der Waals surface area contributed by atoms with Gasteiger partial charge in [-0.2, -0.15) is 0 Å². The summed E-state index contributed by atoms with van der Waals surface area (Å²) in [6.07, 6.45) is 0. The number of likely N-dealkylation sites (N-methyl/N-ethyl adjacent to an activating group) is 1. The van der Waals surface area contributed by atoms with E-state index in [1.165, 1.54) is 0 Å². The molecular weight excluding hydrogens is 196 g/mol. The Labute approximate surface area is 91.5 Å². The van der Waals surface area contributed by atoms with Crippen LogP contribution in [-0.4, -0.2) is 56.9 Å². The zero-order valence-corrected chi connectivity index (χ0v) is 9.70. The number of rotatable bonds is 9. The number of carbonyl (C=O) groups is 1. The summed E-state index contributed by atoms with van der Waals surface area (Å²) in [4.78, 5) is 13.3. The van der Waals surface area contributed by atoms with Crippen LogP contribution in [0.15, 0.2) is 0 Å². The van der Waals surface area contributed by atoms with Crippen molar-refractivity contribution in [1.82, 2.24) is 4.90 Å². The molecule has 0 saturated carbocycles. The number of ether oxygens (including phenoxy) is 2. The van der Waals surface area contributed by atoms with Gasteiger partial charge >= 0.3 is 0 Å². The van der Waals surface area contributed by atoms with E-state index in [1.54, 1.807) is 4.90 Å². The van der Waals surface area contributed by atoms with Crippen LogP contribution in [0.5, 0.6) is 0 Å². The molecule has 0 aromatic rings. The van der Waals surface area contributed by atoms with E-state index in [0.29, 0.717) is 39.5 Å². The van der Waals surface area contributed by atoms with Crippen LogP contribution >= 0.6 is 0 Å². The third-order valence-electron chi connectivity index (χ3n) is 1.93. The highest BCUT2D eigenvalue weighted by atomic mass is 16.5. The number of carbonyl (C=O) groups excluding carboxylic acids is 1. The van der Waals surface area contributed by atoms with Crippen LogP contribution < -0.4 is 5.73 Å². The first-order valence-electron chi connectivity index (χ1n) is 5.39. The lowest BCUT2D eigenvalue weighted by molar-refractivity contribution is -0.136. The van der Waals surface area contributed by atoms with E-state index in [-0.39, 0.29) is 12.5 Å². The molecule has 15 heavy (non-hydrogen) atoms. The molecule has 5 heteroatoms. The fourth-order valence-corrected chi connectivity index (χ4v) is 1.11. The first-order chi connectivity index (χ1) is 7.26. The fraction of sp³-hybridized carbons (Fsp3) is 0.900. The minimum atomic E-state index is -0.00865. The lowest BCUT2D eigenvalue weighted by Crippen LogP contribution is -2.36. The molecule has 0 unspecified atom stereocenters. The molecule has 0 rings (SSSR count). The Morgan fingerprint density at radius 1 is 1.27 bits per heavy atom. The van der Waals surface area contributed by atoms with E-state index in [2.05, 4.69) is 0 Å². The SMILES string of the molecule is CCOCCN(CC)C(=O)COCCN. The molecule has 2 N–H and O–H groups in total. The quantitative estimate of drug-likeness (QED) is 0.546. The summed E-state index contributed by atoms with van der Waals surface area (Å²) in [6, 6.07) is 0. The van der Waals surface area contributed by atoms with E-state index < -0.39 is 0 Å². The summed E-state index contributed by atoms with van der Waals surface area (Å²) in [5, 5.41) is 0. The van der Waals surface area contributed by atoms with Crippen molar-refractivity contribution >= 4 is 5.91 Å². The predicted molar refractivity (Wildman–Crippen MR) is 58.6 cm³/mol. The lowest BCUT2D eigenvalue weighted by atomic mass is 10.4. The maximum absolute atomic E-state index is 11.5. The highest BCUT2D eigenvalue weighted by molar-refractivity contribution is 5.77. The van der Waals surface area contributed by atoms with Gasteiger partial charge in [0.15, 0.2) is 0 Å². The zero-order chi connectivity index (χ0) is 11.5. The topological polar surface area (TPSA) is 64.8 Å². The van der Waals surface area contributed by atoms with Gasteiger partial charge in [-0.3, -0.25) is 4.79 Å².